The number of amides is 1. The summed E-state index contributed by atoms with van der Waals surface area (Å²) in [7, 11) is 0. The number of benzene rings is 1. The summed E-state index contributed by atoms with van der Waals surface area (Å²) in [5.41, 5.74) is 6.51. The molecule has 0 saturated heterocycles. The molecule has 0 aliphatic heterocycles. The third-order valence-electron chi connectivity index (χ3n) is 2.39. The van der Waals surface area contributed by atoms with Crippen molar-refractivity contribution in [1.29, 1.82) is 0 Å². The highest BCUT2D eigenvalue weighted by Crippen LogP contribution is 2.20. The van der Waals surface area contributed by atoms with Crippen LogP contribution in [0.5, 0.6) is 0 Å². The smallest absolute Gasteiger partial charge is 0.237 e. The van der Waals surface area contributed by atoms with Crippen LogP contribution in [-0.4, -0.2) is 11.9 Å². The van der Waals surface area contributed by atoms with Crippen molar-refractivity contribution in [3.8, 4) is 0 Å². The molecule has 1 rings (SSSR count). The predicted octanol–water partition coefficient (Wildman–Crippen LogP) is 2.68. The number of rotatable bonds is 4. The highest BCUT2D eigenvalue weighted by atomic mass is 35.5. The van der Waals surface area contributed by atoms with Crippen molar-refractivity contribution >= 4 is 29.9 Å². The van der Waals surface area contributed by atoms with E-state index in [1.165, 1.54) is 0 Å². The van der Waals surface area contributed by atoms with Gasteiger partial charge in [-0.3, -0.25) is 4.79 Å². The predicted molar refractivity (Wildman–Crippen MR) is 73.5 cm³/mol. The number of nitrogens with two attached hydrogens (primary N) is 1. The Hall–Kier alpha value is -0.770. The van der Waals surface area contributed by atoms with Crippen LogP contribution in [0.25, 0.3) is 0 Å². The molecule has 3 nitrogen and oxygen atoms in total. The van der Waals surface area contributed by atoms with E-state index in [1.54, 1.807) is 6.92 Å². The second kappa shape index (κ2) is 7.54. The van der Waals surface area contributed by atoms with Gasteiger partial charge < -0.3 is 11.1 Å². The Kier molecular flexibility index (Phi) is 7.19. The largest absolute Gasteiger partial charge is 0.348 e. The maximum absolute atomic E-state index is 11.5. The Balaban J connectivity index is 0.00000256. The molecule has 3 N–H and O–H groups in total. The first-order valence-electron chi connectivity index (χ1n) is 5.36. The van der Waals surface area contributed by atoms with E-state index in [0.717, 1.165) is 12.0 Å². The summed E-state index contributed by atoms with van der Waals surface area (Å²) in [5.74, 6) is -0.146. The normalized spacial score (nSPS) is 13.4. The van der Waals surface area contributed by atoms with Gasteiger partial charge in [-0.25, -0.2) is 0 Å². The van der Waals surface area contributed by atoms with Gasteiger partial charge in [-0.1, -0.05) is 30.7 Å². The van der Waals surface area contributed by atoms with Crippen LogP contribution in [-0.2, 0) is 4.79 Å². The van der Waals surface area contributed by atoms with Gasteiger partial charge in [-0.05, 0) is 31.0 Å². The van der Waals surface area contributed by atoms with E-state index in [4.69, 9.17) is 17.3 Å². The minimum Gasteiger partial charge on any atom is -0.348 e. The summed E-state index contributed by atoms with van der Waals surface area (Å²) >= 11 is 5.91. The molecule has 17 heavy (non-hydrogen) atoms. The summed E-state index contributed by atoms with van der Waals surface area (Å²) in [6.07, 6.45) is 0.804. The third kappa shape index (κ3) is 4.94. The van der Waals surface area contributed by atoms with Crippen molar-refractivity contribution in [2.24, 2.45) is 5.73 Å². The van der Waals surface area contributed by atoms with Crippen LogP contribution in [0.3, 0.4) is 0 Å². The van der Waals surface area contributed by atoms with Gasteiger partial charge in [-0.15, -0.1) is 12.4 Å². The number of hydrogen-bond donors (Lipinski definition) is 2. The summed E-state index contributed by atoms with van der Waals surface area (Å²) in [5, 5.41) is 3.56. The molecule has 1 amide bonds. The summed E-state index contributed by atoms with van der Waals surface area (Å²) in [6, 6.07) is 6.97. The van der Waals surface area contributed by atoms with Gasteiger partial charge in [0, 0.05) is 5.02 Å². The zero-order valence-corrected chi connectivity index (χ0v) is 11.5. The molecule has 0 aliphatic rings. The van der Waals surface area contributed by atoms with Crippen LogP contribution in [0.2, 0.25) is 5.02 Å². The van der Waals surface area contributed by atoms with Crippen molar-refractivity contribution < 1.29 is 4.79 Å². The monoisotopic (exact) mass is 276 g/mol. The lowest BCUT2D eigenvalue weighted by Gasteiger charge is -2.19. The molecule has 96 valence electrons. The Morgan fingerprint density at radius 3 is 2.65 bits per heavy atom. The van der Waals surface area contributed by atoms with E-state index in [2.05, 4.69) is 5.32 Å². The molecule has 0 fully saturated rings. The van der Waals surface area contributed by atoms with E-state index in [9.17, 15) is 4.79 Å². The number of carbonyl (C=O) groups excluding carboxylic acids is 1. The average Bonchev–Trinajstić information content (AvgIpc) is 2.25. The number of halogens is 2. The van der Waals surface area contributed by atoms with E-state index in [1.807, 2.05) is 31.2 Å². The molecule has 5 heteroatoms. The van der Waals surface area contributed by atoms with Gasteiger partial charge in [0.2, 0.25) is 5.91 Å². The fourth-order valence-corrected chi connectivity index (χ4v) is 1.65. The SMILES string of the molecule is CCC(NC(=O)C(C)N)c1cccc(Cl)c1.Cl. The van der Waals surface area contributed by atoms with Crippen LogP contribution in [0.15, 0.2) is 24.3 Å². The number of hydrogen-bond acceptors (Lipinski definition) is 2. The molecule has 2 unspecified atom stereocenters. The van der Waals surface area contributed by atoms with E-state index in [-0.39, 0.29) is 24.4 Å². The quantitative estimate of drug-likeness (QED) is 0.889. The second-order valence-corrected chi connectivity index (χ2v) is 4.25. The first-order chi connectivity index (χ1) is 7.54. The van der Waals surface area contributed by atoms with Gasteiger partial charge >= 0.3 is 0 Å². The van der Waals surface area contributed by atoms with E-state index in [0.29, 0.717) is 5.02 Å². The fraction of sp³-hybridized carbons (Fsp3) is 0.417. The molecular weight excluding hydrogens is 259 g/mol. The topological polar surface area (TPSA) is 55.1 Å². The molecule has 1 aromatic rings. The molecular formula is C12H18Cl2N2O. The van der Waals surface area contributed by atoms with E-state index < -0.39 is 6.04 Å². The molecule has 2 atom stereocenters. The van der Waals surface area contributed by atoms with Gasteiger partial charge in [0.05, 0.1) is 12.1 Å². The lowest BCUT2D eigenvalue weighted by molar-refractivity contribution is -0.122. The molecule has 0 aromatic heterocycles. The van der Waals surface area contributed by atoms with Crippen molar-refractivity contribution in [2.45, 2.75) is 32.4 Å². The molecule has 0 spiro atoms. The maximum Gasteiger partial charge on any atom is 0.237 e. The molecule has 1 aromatic carbocycles. The number of carbonyl (C=O) groups is 1. The summed E-state index contributed by atoms with van der Waals surface area (Å²) < 4.78 is 0. The first kappa shape index (κ1) is 16.2. The molecule has 0 aliphatic carbocycles. The van der Waals surface area contributed by atoms with Gasteiger partial charge in [0.1, 0.15) is 0 Å². The van der Waals surface area contributed by atoms with Crippen LogP contribution in [0, 0.1) is 0 Å². The zero-order chi connectivity index (χ0) is 12.1. The average molecular weight is 277 g/mol. The van der Waals surface area contributed by atoms with Crippen molar-refractivity contribution in [3.05, 3.63) is 34.9 Å². The van der Waals surface area contributed by atoms with Crippen LogP contribution < -0.4 is 11.1 Å². The Bertz CT molecular complexity index is 369. The Labute approximate surface area is 113 Å². The molecule has 0 saturated carbocycles. The minimum atomic E-state index is -0.492. The minimum absolute atomic E-state index is 0. The fourth-order valence-electron chi connectivity index (χ4n) is 1.45. The highest BCUT2D eigenvalue weighted by Gasteiger charge is 2.15. The van der Waals surface area contributed by atoms with Gasteiger partial charge in [0.25, 0.3) is 0 Å². The van der Waals surface area contributed by atoms with Crippen LogP contribution in [0.1, 0.15) is 31.9 Å². The lowest BCUT2D eigenvalue weighted by atomic mass is 10.0. The first-order valence-corrected chi connectivity index (χ1v) is 5.73. The standard InChI is InChI=1S/C12H17ClN2O.ClH/c1-3-11(15-12(16)8(2)14)9-5-4-6-10(13)7-9;/h4-8,11H,3,14H2,1-2H3,(H,15,16);1H. The molecule has 0 bridgehead atoms. The third-order valence-corrected chi connectivity index (χ3v) is 2.62. The Morgan fingerprint density at radius 1 is 1.53 bits per heavy atom. The van der Waals surface area contributed by atoms with Crippen molar-refractivity contribution in [3.63, 3.8) is 0 Å². The molecule has 0 radical (unpaired) electrons. The second-order valence-electron chi connectivity index (χ2n) is 3.81. The van der Waals surface area contributed by atoms with Crippen LogP contribution >= 0.6 is 24.0 Å². The molecule has 0 heterocycles. The zero-order valence-electron chi connectivity index (χ0n) is 9.94. The maximum atomic E-state index is 11.5. The lowest BCUT2D eigenvalue weighted by Crippen LogP contribution is -2.40. The highest BCUT2D eigenvalue weighted by molar-refractivity contribution is 6.30. The van der Waals surface area contributed by atoms with Gasteiger partial charge in [-0.2, -0.15) is 0 Å². The van der Waals surface area contributed by atoms with Gasteiger partial charge in [0.15, 0.2) is 0 Å². The summed E-state index contributed by atoms with van der Waals surface area (Å²) in [6.45, 7) is 3.67. The van der Waals surface area contributed by atoms with Crippen LogP contribution in [0.4, 0.5) is 0 Å². The number of nitrogens with one attached hydrogen (secondary N) is 1. The van der Waals surface area contributed by atoms with Crippen molar-refractivity contribution in [1.82, 2.24) is 5.32 Å². The van der Waals surface area contributed by atoms with E-state index >= 15 is 0 Å². The van der Waals surface area contributed by atoms with Crippen molar-refractivity contribution in [2.75, 3.05) is 0 Å². The Morgan fingerprint density at radius 2 is 2.18 bits per heavy atom. The summed E-state index contributed by atoms with van der Waals surface area (Å²) in [4.78, 5) is 11.5.